The summed E-state index contributed by atoms with van der Waals surface area (Å²) < 4.78 is 13.0. The van der Waals surface area contributed by atoms with Crippen LogP contribution in [-0.2, 0) is 4.74 Å². The molecule has 2 heterocycles. The standard InChI is InChI=1S/C13H16N2O2/c1-16-12-6-4-5-11-10(12)9-15(14-11)13-7-2-3-8-17-13/h4-6,9,13H,2-3,7-8H2,1H3. The van der Waals surface area contributed by atoms with Crippen molar-refractivity contribution in [2.75, 3.05) is 13.7 Å². The Labute approximate surface area is 100 Å². The third kappa shape index (κ3) is 1.89. The SMILES string of the molecule is COc1cccc2nn(C3CCCCO3)cc12. The molecule has 0 amide bonds. The van der Waals surface area contributed by atoms with E-state index >= 15 is 0 Å². The lowest BCUT2D eigenvalue weighted by molar-refractivity contribution is -0.0390. The normalized spacial score (nSPS) is 20.6. The monoisotopic (exact) mass is 232 g/mol. The molecule has 1 aliphatic heterocycles. The lowest BCUT2D eigenvalue weighted by Gasteiger charge is -2.22. The average Bonchev–Trinajstić information content (AvgIpc) is 2.83. The third-order valence-corrected chi connectivity index (χ3v) is 3.20. The maximum absolute atomic E-state index is 5.73. The maximum Gasteiger partial charge on any atom is 0.150 e. The second kappa shape index (κ2) is 4.37. The number of hydrogen-bond donors (Lipinski definition) is 0. The Morgan fingerprint density at radius 2 is 2.35 bits per heavy atom. The first-order chi connectivity index (χ1) is 8.38. The number of aromatic nitrogens is 2. The number of rotatable bonds is 2. The Bertz CT molecular complexity index is 515. The minimum absolute atomic E-state index is 0.0841. The van der Waals surface area contributed by atoms with E-state index in [9.17, 15) is 0 Å². The highest BCUT2D eigenvalue weighted by Crippen LogP contribution is 2.28. The van der Waals surface area contributed by atoms with E-state index in [4.69, 9.17) is 9.47 Å². The number of methoxy groups -OCH3 is 1. The molecule has 90 valence electrons. The molecule has 3 rings (SSSR count). The van der Waals surface area contributed by atoms with Gasteiger partial charge in [-0.2, -0.15) is 5.10 Å². The van der Waals surface area contributed by atoms with Gasteiger partial charge >= 0.3 is 0 Å². The summed E-state index contributed by atoms with van der Waals surface area (Å²) in [6.07, 6.45) is 5.50. The molecule has 0 radical (unpaired) electrons. The molecule has 1 unspecified atom stereocenters. The molecule has 1 fully saturated rings. The van der Waals surface area contributed by atoms with Gasteiger partial charge in [-0.05, 0) is 31.4 Å². The molecule has 1 atom stereocenters. The van der Waals surface area contributed by atoms with Crippen molar-refractivity contribution in [3.63, 3.8) is 0 Å². The Kier molecular flexibility index (Phi) is 2.73. The van der Waals surface area contributed by atoms with Crippen LogP contribution in [0.4, 0.5) is 0 Å². The zero-order valence-corrected chi connectivity index (χ0v) is 9.93. The summed E-state index contributed by atoms with van der Waals surface area (Å²) in [5.41, 5.74) is 0.957. The molecule has 0 aliphatic carbocycles. The molecule has 4 heteroatoms. The second-order valence-electron chi connectivity index (χ2n) is 4.32. The van der Waals surface area contributed by atoms with Crippen molar-refractivity contribution in [3.05, 3.63) is 24.4 Å². The van der Waals surface area contributed by atoms with Gasteiger partial charge in [0.05, 0.1) is 18.0 Å². The van der Waals surface area contributed by atoms with Crippen LogP contribution >= 0.6 is 0 Å². The van der Waals surface area contributed by atoms with Crippen LogP contribution < -0.4 is 4.74 Å². The van der Waals surface area contributed by atoms with Gasteiger partial charge in [0.1, 0.15) is 12.0 Å². The predicted octanol–water partition coefficient (Wildman–Crippen LogP) is 2.74. The zero-order chi connectivity index (χ0) is 11.7. The molecular formula is C13H16N2O2. The van der Waals surface area contributed by atoms with Gasteiger partial charge in [-0.1, -0.05) is 6.07 Å². The van der Waals surface area contributed by atoms with Gasteiger partial charge in [0, 0.05) is 12.8 Å². The van der Waals surface area contributed by atoms with Crippen LogP contribution in [0.2, 0.25) is 0 Å². The van der Waals surface area contributed by atoms with Crippen molar-refractivity contribution in [3.8, 4) is 5.75 Å². The van der Waals surface area contributed by atoms with Crippen LogP contribution in [0.1, 0.15) is 25.5 Å². The summed E-state index contributed by atoms with van der Waals surface area (Å²) in [5, 5.41) is 5.60. The van der Waals surface area contributed by atoms with Crippen molar-refractivity contribution in [2.45, 2.75) is 25.5 Å². The number of nitrogens with zero attached hydrogens (tertiary/aromatic N) is 2. The van der Waals surface area contributed by atoms with Gasteiger partial charge in [-0.25, -0.2) is 4.68 Å². The number of ether oxygens (including phenoxy) is 2. The summed E-state index contributed by atoms with van der Waals surface area (Å²) >= 11 is 0. The Morgan fingerprint density at radius 1 is 1.41 bits per heavy atom. The summed E-state index contributed by atoms with van der Waals surface area (Å²) in [4.78, 5) is 0. The van der Waals surface area contributed by atoms with E-state index in [-0.39, 0.29) is 6.23 Å². The first kappa shape index (κ1) is 10.6. The lowest BCUT2D eigenvalue weighted by atomic mass is 10.2. The summed E-state index contributed by atoms with van der Waals surface area (Å²) in [6.45, 7) is 0.831. The molecule has 2 aromatic rings. The molecule has 0 saturated carbocycles. The highest BCUT2D eigenvalue weighted by atomic mass is 16.5. The van der Waals surface area contributed by atoms with Gasteiger partial charge in [0.2, 0.25) is 0 Å². The van der Waals surface area contributed by atoms with Crippen molar-refractivity contribution < 1.29 is 9.47 Å². The van der Waals surface area contributed by atoms with Crippen LogP contribution in [-0.4, -0.2) is 23.5 Å². The summed E-state index contributed by atoms with van der Waals surface area (Å²) in [6, 6.07) is 5.91. The predicted molar refractivity (Wildman–Crippen MR) is 65.1 cm³/mol. The Balaban J connectivity index is 2.00. The van der Waals surface area contributed by atoms with Gasteiger partial charge in [0.15, 0.2) is 0 Å². The van der Waals surface area contributed by atoms with Crippen molar-refractivity contribution in [1.82, 2.24) is 9.78 Å². The smallest absolute Gasteiger partial charge is 0.150 e. The molecule has 1 aromatic carbocycles. The Hall–Kier alpha value is -1.55. The van der Waals surface area contributed by atoms with Crippen molar-refractivity contribution >= 4 is 10.9 Å². The van der Waals surface area contributed by atoms with Gasteiger partial charge in [-0.3, -0.25) is 0 Å². The summed E-state index contributed by atoms with van der Waals surface area (Å²) in [5.74, 6) is 0.865. The number of fused-ring (bicyclic) bond motifs is 1. The molecule has 0 N–H and O–H groups in total. The third-order valence-electron chi connectivity index (χ3n) is 3.20. The molecule has 4 nitrogen and oxygen atoms in total. The lowest BCUT2D eigenvalue weighted by Crippen LogP contribution is -2.18. The fraction of sp³-hybridized carbons (Fsp3) is 0.462. The minimum atomic E-state index is 0.0841. The first-order valence-electron chi connectivity index (χ1n) is 6.02. The van der Waals surface area contributed by atoms with E-state index < -0.39 is 0 Å². The largest absolute Gasteiger partial charge is 0.496 e. The van der Waals surface area contributed by atoms with E-state index in [1.165, 1.54) is 6.42 Å². The van der Waals surface area contributed by atoms with Crippen LogP contribution in [0.25, 0.3) is 10.9 Å². The quantitative estimate of drug-likeness (QED) is 0.798. The van der Waals surface area contributed by atoms with Crippen molar-refractivity contribution in [1.29, 1.82) is 0 Å². The van der Waals surface area contributed by atoms with Crippen LogP contribution in [0.15, 0.2) is 24.4 Å². The summed E-state index contributed by atoms with van der Waals surface area (Å²) in [7, 11) is 1.68. The minimum Gasteiger partial charge on any atom is -0.496 e. The van der Waals surface area contributed by atoms with Gasteiger partial charge in [-0.15, -0.1) is 0 Å². The zero-order valence-electron chi connectivity index (χ0n) is 9.93. The van der Waals surface area contributed by atoms with Crippen molar-refractivity contribution in [2.24, 2.45) is 0 Å². The molecule has 1 aromatic heterocycles. The fourth-order valence-electron chi connectivity index (χ4n) is 2.29. The van der Waals surface area contributed by atoms with Crippen LogP contribution in [0, 0.1) is 0 Å². The molecule has 1 saturated heterocycles. The van der Waals surface area contributed by atoms with Crippen LogP contribution in [0.5, 0.6) is 5.75 Å². The molecular weight excluding hydrogens is 216 g/mol. The van der Waals surface area contributed by atoms with Crippen LogP contribution in [0.3, 0.4) is 0 Å². The number of hydrogen-bond acceptors (Lipinski definition) is 3. The van der Waals surface area contributed by atoms with Gasteiger partial charge < -0.3 is 9.47 Å². The van der Waals surface area contributed by atoms with E-state index in [1.807, 2.05) is 29.1 Å². The molecule has 1 aliphatic rings. The topological polar surface area (TPSA) is 36.3 Å². The van der Waals surface area contributed by atoms with E-state index in [0.717, 1.165) is 36.1 Å². The molecule has 0 bridgehead atoms. The highest BCUT2D eigenvalue weighted by molar-refractivity contribution is 5.84. The first-order valence-corrected chi connectivity index (χ1v) is 6.02. The van der Waals surface area contributed by atoms with Gasteiger partial charge in [0.25, 0.3) is 0 Å². The van der Waals surface area contributed by atoms with E-state index in [2.05, 4.69) is 5.10 Å². The van der Waals surface area contributed by atoms with E-state index in [1.54, 1.807) is 7.11 Å². The van der Waals surface area contributed by atoms with E-state index in [0.29, 0.717) is 0 Å². The Morgan fingerprint density at radius 3 is 3.12 bits per heavy atom. The number of benzene rings is 1. The maximum atomic E-state index is 5.73. The second-order valence-corrected chi connectivity index (χ2v) is 4.32. The highest BCUT2D eigenvalue weighted by Gasteiger charge is 2.17. The average molecular weight is 232 g/mol. The fourth-order valence-corrected chi connectivity index (χ4v) is 2.29. The molecule has 17 heavy (non-hydrogen) atoms. The molecule has 0 spiro atoms.